The Labute approximate surface area is 150 Å². The third kappa shape index (κ3) is 3.51. The number of ketones is 1. The number of aliphatic hydroxyl groups excluding tert-OH is 1. The zero-order valence-corrected chi connectivity index (χ0v) is 14.6. The molecule has 0 bridgehead atoms. The summed E-state index contributed by atoms with van der Waals surface area (Å²) < 4.78 is 10.8. The van der Waals surface area contributed by atoms with E-state index in [0.717, 1.165) is 0 Å². The molecule has 1 aromatic rings. The molecule has 2 N–H and O–H groups in total. The second kappa shape index (κ2) is 7.76. The van der Waals surface area contributed by atoms with Crippen LogP contribution in [0.2, 0.25) is 0 Å². The molecule has 8 nitrogen and oxygen atoms in total. The second-order valence-electron chi connectivity index (χ2n) is 6.33. The number of azo groups is 1. The summed E-state index contributed by atoms with van der Waals surface area (Å²) in [5.74, 6) is -1.27. The molecule has 2 amide bonds. The standard InChI is InChI=1S/C18H21N3O5/c1-25-13-8-11-12(9-14(13)26-2)17(23)15(16(11)22)20-21-18(24)19-10-6-4-3-5-7-10/h3-7,11-14,22H,8-9H2,1-2H3,(H,19,24). The molecule has 26 heavy (non-hydrogen) atoms. The molecule has 4 atom stereocenters. The minimum absolute atomic E-state index is 0.132. The number of anilines is 1. The van der Waals surface area contributed by atoms with Gasteiger partial charge in [0.15, 0.2) is 11.5 Å². The van der Waals surface area contributed by atoms with Gasteiger partial charge in [-0.25, -0.2) is 4.79 Å². The maximum absolute atomic E-state index is 12.6. The van der Waals surface area contributed by atoms with Crippen molar-refractivity contribution in [1.29, 1.82) is 0 Å². The minimum Gasteiger partial charge on any atom is -0.510 e. The van der Waals surface area contributed by atoms with E-state index >= 15 is 0 Å². The number of ether oxygens (including phenoxy) is 2. The van der Waals surface area contributed by atoms with Gasteiger partial charge in [0, 0.05) is 31.7 Å². The normalized spacial score (nSPS) is 28.5. The lowest BCUT2D eigenvalue weighted by molar-refractivity contribution is -0.127. The van der Waals surface area contributed by atoms with Gasteiger partial charge in [0.05, 0.1) is 12.2 Å². The van der Waals surface area contributed by atoms with Gasteiger partial charge in [-0.3, -0.25) is 4.79 Å². The van der Waals surface area contributed by atoms with Crippen molar-refractivity contribution in [2.75, 3.05) is 19.5 Å². The molecule has 8 heteroatoms. The van der Waals surface area contributed by atoms with Gasteiger partial charge in [-0.2, -0.15) is 0 Å². The first-order chi connectivity index (χ1) is 12.5. The van der Waals surface area contributed by atoms with Gasteiger partial charge in [0.25, 0.3) is 0 Å². The van der Waals surface area contributed by atoms with E-state index in [0.29, 0.717) is 18.5 Å². The average Bonchev–Trinajstić information content (AvgIpc) is 2.89. The van der Waals surface area contributed by atoms with E-state index in [1.54, 1.807) is 38.5 Å². The number of Topliss-reactive ketones (excluding diaryl/α,β-unsaturated/α-hetero) is 1. The monoisotopic (exact) mass is 359 g/mol. The van der Waals surface area contributed by atoms with E-state index in [2.05, 4.69) is 15.5 Å². The molecule has 1 fully saturated rings. The van der Waals surface area contributed by atoms with Gasteiger partial charge in [-0.05, 0) is 25.0 Å². The number of urea groups is 1. The number of nitrogens with zero attached hydrogens (tertiary/aromatic N) is 2. The fourth-order valence-electron chi connectivity index (χ4n) is 3.56. The van der Waals surface area contributed by atoms with Crippen LogP contribution in [0.5, 0.6) is 0 Å². The highest BCUT2D eigenvalue weighted by atomic mass is 16.5. The number of para-hydroxylation sites is 1. The molecule has 1 saturated carbocycles. The van der Waals surface area contributed by atoms with Crippen LogP contribution in [0.4, 0.5) is 10.5 Å². The summed E-state index contributed by atoms with van der Waals surface area (Å²) in [6.45, 7) is 0. The SMILES string of the molecule is COC1CC2C(=O)C(N=NC(=O)Nc3ccccc3)=C(O)C2CC1OC. The maximum atomic E-state index is 12.6. The highest BCUT2D eigenvalue weighted by Crippen LogP contribution is 2.44. The van der Waals surface area contributed by atoms with E-state index in [9.17, 15) is 14.7 Å². The van der Waals surface area contributed by atoms with Crippen molar-refractivity contribution in [2.45, 2.75) is 25.0 Å². The summed E-state index contributed by atoms with van der Waals surface area (Å²) in [6.07, 6.45) is 0.439. The third-order valence-corrected chi connectivity index (χ3v) is 4.91. The number of nitrogens with one attached hydrogen (secondary N) is 1. The fourth-order valence-corrected chi connectivity index (χ4v) is 3.56. The molecule has 0 aromatic heterocycles. The van der Waals surface area contributed by atoms with Crippen LogP contribution in [0.15, 0.2) is 52.0 Å². The summed E-state index contributed by atoms with van der Waals surface area (Å²) in [5, 5.41) is 20.2. The lowest BCUT2D eigenvalue weighted by Gasteiger charge is -2.36. The van der Waals surface area contributed by atoms with Crippen molar-refractivity contribution in [3.05, 3.63) is 41.8 Å². The smallest absolute Gasteiger partial charge is 0.364 e. The maximum Gasteiger partial charge on any atom is 0.364 e. The van der Waals surface area contributed by atoms with Crippen LogP contribution in [-0.4, -0.2) is 43.3 Å². The van der Waals surface area contributed by atoms with Crippen molar-refractivity contribution in [1.82, 2.24) is 0 Å². The number of hydrogen-bond acceptors (Lipinski definition) is 6. The Morgan fingerprint density at radius 1 is 1.12 bits per heavy atom. The molecule has 1 aromatic carbocycles. The van der Waals surface area contributed by atoms with E-state index in [-0.39, 0.29) is 35.4 Å². The van der Waals surface area contributed by atoms with Crippen LogP contribution in [0, 0.1) is 11.8 Å². The number of amides is 2. The number of fused-ring (bicyclic) bond motifs is 1. The van der Waals surface area contributed by atoms with Crippen LogP contribution in [-0.2, 0) is 14.3 Å². The summed E-state index contributed by atoms with van der Waals surface area (Å²) in [7, 11) is 3.14. The van der Waals surface area contributed by atoms with E-state index < -0.39 is 11.9 Å². The Kier molecular flexibility index (Phi) is 5.43. The average molecular weight is 359 g/mol. The summed E-state index contributed by atoms with van der Waals surface area (Å²) in [4.78, 5) is 24.4. The minimum atomic E-state index is -0.719. The van der Waals surface area contributed by atoms with Gasteiger partial charge in [0.2, 0.25) is 0 Å². The summed E-state index contributed by atoms with van der Waals surface area (Å²) >= 11 is 0. The lowest BCUT2D eigenvalue weighted by Crippen LogP contribution is -2.42. The topological polar surface area (TPSA) is 110 Å². The Bertz CT molecular complexity index is 746. The van der Waals surface area contributed by atoms with Crippen molar-refractivity contribution >= 4 is 17.5 Å². The van der Waals surface area contributed by atoms with Crippen molar-refractivity contribution in [3.63, 3.8) is 0 Å². The molecule has 2 aliphatic rings. The molecule has 0 radical (unpaired) electrons. The van der Waals surface area contributed by atoms with Gasteiger partial charge in [-0.15, -0.1) is 5.11 Å². The lowest BCUT2D eigenvalue weighted by atomic mass is 9.77. The number of rotatable bonds is 4. The van der Waals surface area contributed by atoms with E-state index in [1.807, 2.05) is 6.07 Å². The van der Waals surface area contributed by atoms with Gasteiger partial charge >= 0.3 is 6.03 Å². The van der Waals surface area contributed by atoms with Gasteiger partial charge < -0.3 is 19.9 Å². The number of aliphatic hydroxyl groups is 1. The third-order valence-electron chi connectivity index (χ3n) is 4.91. The number of methoxy groups -OCH3 is 2. The van der Waals surface area contributed by atoms with E-state index in [4.69, 9.17) is 9.47 Å². The Morgan fingerprint density at radius 3 is 2.35 bits per heavy atom. The summed E-state index contributed by atoms with van der Waals surface area (Å²) in [5.41, 5.74) is 0.404. The Hall–Kier alpha value is -2.58. The van der Waals surface area contributed by atoms with Gasteiger partial charge in [-0.1, -0.05) is 23.3 Å². The molecule has 0 heterocycles. The van der Waals surface area contributed by atoms with Crippen molar-refractivity contribution < 1.29 is 24.2 Å². The first kappa shape index (κ1) is 18.2. The van der Waals surface area contributed by atoms with E-state index in [1.165, 1.54) is 0 Å². The molecule has 2 aliphatic carbocycles. The zero-order chi connectivity index (χ0) is 18.7. The number of carbonyl (C=O) groups excluding carboxylic acids is 2. The molecule has 4 unspecified atom stereocenters. The quantitative estimate of drug-likeness (QED) is 0.803. The molecular weight excluding hydrogens is 338 g/mol. The molecule has 138 valence electrons. The second-order valence-corrected chi connectivity index (χ2v) is 6.33. The highest BCUT2D eigenvalue weighted by Gasteiger charge is 2.49. The van der Waals surface area contributed by atoms with Crippen LogP contribution in [0.1, 0.15) is 12.8 Å². The predicted octanol–water partition coefficient (Wildman–Crippen LogP) is 3.08. The number of hydrogen-bond donors (Lipinski definition) is 2. The molecule has 0 aliphatic heterocycles. The zero-order valence-electron chi connectivity index (χ0n) is 14.6. The van der Waals surface area contributed by atoms with Gasteiger partial charge in [0.1, 0.15) is 5.76 Å². The largest absolute Gasteiger partial charge is 0.510 e. The summed E-state index contributed by atoms with van der Waals surface area (Å²) in [6, 6.07) is 8.04. The number of allylic oxidation sites excluding steroid dienone is 2. The highest BCUT2D eigenvalue weighted by molar-refractivity contribution is 6.00. The number of benzene rings is 1. The van der Waals surface area contributed by atoms with Crippen LogP contribution >= 0.6 is 0 Å². The van der Waals surface area contributed by atoms with Crippen molar-refractivity contribution in [3.8, 4) is 0 Å². The predicted molar refractivity (Wildman–Crippen MR) is 92.8 cm³/mol. The first-order valence-electron chi connectivity index (χ1n) is 8.35. The Balaban J connectivity index is 1.72. The Morgan fingerprint density at radius 2 is 1.73 bits per heavy atom. The molecule has 3 rings (SSSR count). The number of carbonyl (C=O) groups is 2. The van der Waals surface area contributed by atoms with Crippen molar-refractivity contribution in [2.24, 2.45) is 22.1 Å². The molecular formula is C18H21N3O5. The van der Waals surface area contributed by atoms with Crippen LogP contribution < -0.4 is 5.32 Å². The fraction of sp³-hybridized carbons (Fsp3) is 0.444. The molecule has 0 spiro atoms. The molecule has 0 saturated heterocycles. The van der Waals surface area contributed by atoms with Crippen LogP contribution in [0.25, 0.3) is 0 Å². The van der Waals surface area contributed by atoms with Crippen LogP contribution in [0.3, 0.4) is 0 Å². The first-order valence-corrected chi connectivity index (χ1v) is 8.35.